The summed E-state index contributed by atoms with van der Waals surface area (Å²) in [4.78, 5) is 2.35. The molecule has 2 aliphatic rings. The molecule has 0 amide bonds. The lowest BCUT2D eigenvalue weighted by Gasteiger charge is -2.46. The van der Waals surface area contributed by atoms with Gasteiger partial charge in [-0.15, -0.1) is 0 Å². The van der Waals surface area contributed by atoms with Crippen molar-refractivity contribution < 1.29 is 4.42 Å². The molecule has 312 valence electrons. The summed E-state index contributed by atoms with van der Waals surface area (Å²) in [6.45, 7) is 4.77. The number of benzene rings is 10. The molecule has 1 aromatic heterocycles. The Hall–Kier alpha value is -8.20. The topological polar surface area (TPSA) is 16.4 Å². The Morgan fingerprint density at radius 2 is 0.712 bits per heavy atom. The molecule has 0 radical (unpaired) electrons. The van der Waals surface area contributed by atoms with E-state index in [0.29, 0.717) is 0 Å². The first-order chi connectivity index (χ1) is 32.5. The normalized spacial score (nSPS) is 13.8. The second kappa shape index (κ2) is 14.7. The van der Waals surface area contributed by atoms with E-state index < -0.39 is 5.41 Å². The highest BCUT2D eigenvalue weighted by Gasteiger charge is 2.53. The summed E-state index contributed by atoms with van der Waals surface area (Å²) in [7, 11) is 0. The predicted octanol–water partition coefficient (Wildman–Crippen LogP) is 17.1. The van der Waals surface area contributed by atoms with Crippen molar-refractivity contribution in [2.24, 2.45) is 0 Å². The van der Waals surface area contributed by atoms with E-state index in [1.54, 1.807) is 0 Å². The molecule has 0 fully saturated rings. The first-order valence-electron chi connectivity index (χ1n) is 23.0. The molecule has 0 unspecified atom stereocenters. The molecule has 13 rings (SSSR count). The van der Waals surface area contributed by atoms with Crippen LogP contribution in [0.5, 0.6) is 0 Å². The minimum Gasteiger partial charge on any atom is -0.456 e. The van der Waals surface area contributed by atoms with Crippen molar-refractivity contribution in [3.8, 4) is 44.5 Å². The molecular weight excluding hydrogens is 799 g/mol. The van der Waals surface area contributed by atoms with Gasteiger partial charge in [-0.1, -0.05) is 190 Å². The van der Waals surface area contributed by atoms with Crippen molar-refractivity contribution in [1.82, 2.24) is 0 Å². The molecule has 2 aliphatic carbocycles. The molecule has 0 atom stereocenters. The van der Waals surface area contributed by atoms with E-state index in [1.165, 1.54) is 72.3 Å². The fourth-order valence-corrected chi connectivity index (χ4v) is 11.4. The van der Waals surface area contributed by atoms with E-state index in [1.807, 2.05) is 0 Å². The average molecular weight is 844 g/mol. The molecule has 2 nitrogen and oxygen atoms in total. The standard InChI is InChI=1S/C64H45NO/c1-63(2)56-21-11-13-23-58(56)64(59-24-14-12-22-57(59)63)55-20-10-9-19-51(55)52-36-29-47(40-60(52)64)46-30-37-61-53(39-46)54-41-50(35-38-62(54)66-61)65(48-31-25-44(26-32-48)42-15-5-3-6-16-42)49-33-27-45(28-34-49)43-17-7-4-8-18-43/h3-41H,1-2H3. The highest BCUT2D eigenvalue weighted by Crippen LogP contribution is 2.62. The SMILES string of the molecule is CC1(C)c2ccccc2C2(c3ccccc3-c3ccc(-c4ccc5oc6ccc(N(c7ccc(-c8ccccc8)cc7)c7ccc(-c8ccccc8)cc7)cc6c5c4)cc32)c2ccccc21. The van der Waals surface area contributed by atoms with Crippen molar-refractivity contribution >= 4 is 39.0 Å². The maximum absolute atomic E-state index is 6.60. The average Bonchev–Trinajstić information content (AvgIpc) is 3.89. The highest BCUT2D eigenvalue weighted by atomic mass is 16.3. The Balaban J connectivity index is 0.956. The predicted molar refractivity (Wildman–Crippen MR) is 274 cm³/mol. The van der Waals surface area contributed by atoms with Crippen LogP contribution in [-0.2, 0) is 10.8 Å². The molecule has 2 heteroatoms. The number of anilines is 3. The summed E-state index contributed by atoms with van der Waals surface area (Å²) in [5.74, 6) is 0. The zero-order valence-electron chi connectivity index (χ0n) is 36.9. The third kappa shape index (κ3) is 5.68. The van der Waals surface area contributed by atoms with Gasteiger partial charge in [0, 0.05) is 33.2 Å². The lowest BCUT2D eigenvalue weighted by Crippen LogP contribution is -2.40. The van der Waals surface area contributed by atoms with E-state index in [-0.39, 0.29) is 5.41 Å². The van der Waals surface area contributed by atoms with E-state index in [9.17, 15) is 0 Å². The Kier molecular flexibility index (Phi) is 8.51. The molecule has 0 aliphatic heterocycles. The smallest absolute Gasteiger partial charge is 0.135 e. The first-order valence-corrected chi connectivity index (χ1v) is 23.0. The molecule has 66 heavy (non-hydrogen) atoms. The zero-order chi connectivity index (χ0) is 44.0. The summed E-state index contributed by atoms with van der Waals surface area (Å²) in [6.07, 6.45) is 0. The lowest BCUT2D eigenvalue weighted by molar-refractivity contribution is 0.563. The number of hydrogen-bond acceptors (Lipinski definition) is 2. The Morgan fingerprint density at radius 3 is 1.30 bits per heavy atom. The fourth-order valence-electron chi connectivity index (χ4n) is 11.4. The maximum Gasteiger partial charge on any atom is 0.135 e. The largest absolute Gasteiger partial charge is 0.456 e. The molecule has 1 spiro atoms. The number of hydrogen-bond donors (Lipinski definition) is 0. The van der Waals surface area contributed by atoms with Gasteiger partial charge in [0.05, 0.1) is 5.41 Å². The van der Waals surface area contributed by atoms with Gasteiger partial charge in [0.15, 0.2) is 0 Å². The minimum absolute atomic E-state index is 0.146. The van der Waals surface area contributed by atoms with Gasteiger partial charge in [-0.2, -0.15) is 0 Å². The van der Waals surface area contributed by atoms with E-state index in [4.69, 9.17) is 4.42 Å². The monoisotopic (exact) mass is 843 g/mol. The van der Waals surface area contributed by atoms with E-state index in [0.717, 1.165) is 44.6 Å². The number of rotatable bonds is 6. The van der Waals surface area contributed by atoms with Crippen LogP contribution in [0.4, 0.5) is 17.1 Å². The Labute approximate surface area is 385 Å². The van der Waals surface area contributed by atoms with Crippen LogP contribution in [0.3, 0.4) is 0 Å². The van der Waals surface area contributed by atoms with Gasteiger partial charge in [-0.3, -0.25) is 0 Å². The van der Waals surface area contributed by atoms with Crippen molar-refractivity contribution in [3.05, 3.63) is 270 Å². The lowest BCUT2D eigenvalue weighted by atomic mass is 9.55. The van der Waals surface area contributed by atoms with Gasteiger partial charge >= 0.3 is 0 Å². The van der Waals surface area contributed by atoms with Crippen molar-refractivity contribution in [1.29, 1.82) is 0 Å². The van der Waals surface area contributed by atoms with Crippen LogP contribution in [0.1, 0.15) is 47.2 Å². The van der Waals surface area contributed by atoms with Gasteiger partial charge in [0.1, 0.15) is 11.2 Å². The van der Waals surface area contributed by atoms with Crippen LogP contribution in [0.15, 0.2) is 241 Å². The summed E-state index contributed by atoms with van der Waals surface area (Å²) in [5.41, 5.74) is 22.3. The Bertz CT molecular complexity index is 3520. The number of nitrogens with zero attached hydrogens (tertiary/aromatic N) is 1. The molecule has 0 N–H and O–H groups in total. The van der Waals surface area contributed by atoms with Gasteiger partial charge in [0.25, 0.3) is 0 Å². The van der Waals surface area contributed by atoms with Gasteiger partial charge in [0.2, 0.25) is 0 Å². The summed E-state index contributed by atoms with van der Waals surface area (Å²) >= 11 is 0. The third-order valence-corrected chi connectivity index (χ3v) is 14.6. The summed E-state index contributed by atoms with van der Waals surface area (Å²) < 4.78 is 6.60. The minimum atomic E-state index is -0.450. The van der Waals surface area contributed by atoms with Gasteiger partial charge in [-0.05, 0) is 139 Å². The van der Waals surface area contributed by atoms with Gasteiger partial charge in [-0.25, -0.2) is 0 Å². The summed E-state index contributed by atoms with van der Waals surface area (Å²) in [6, 6.07) is 86.8. The summed E-state index contributed by atoms with van der Waals surface area (Å²) in [5, 5.41) is 2.18. The Morgan fingerprint density at radius 1 is 0.303 bits per heavy atom. The molecule has 1 heterocycles. The fraction of sp³-hybridized carbons (Fsp3) is 0.0625. The van der Waals surface area contributed by atoms with E-state index in [2.05, 4.69) is 255 Å². The van der Waals surface area contributed by atoms with Crippen LogP contribution < -0.4 is 4.90 Å². The second-order valence-electron chi connectivity index (χ2n) is 18.4. The molecule has 10 aromatic carbocycles. The maximum atomic E-state index is 6.60. The second-order valence-corrected chi connectivity index (χ2v) is 18.4. The molecule has 0 saturated heterocycles. The zero-order valence-corrected chi connectivity index (χ0v) is 36.9. The first kappa shape index (κ1) is 38.3. The van der Waals surface area contributed by atoms with Crippen LogP contribution in [-0.4, -0.2) is 0 Å². The molecule has 0 bridgehead atoms. The number of furan rings is 1. The van der Waals surface area contributed by atoms with Crippen molar-refractivity contribution in [3.63, 3.8) is 0 Å². The third-order valence-electron chi connectivity index (χ3n) is 14.6. The van der Waals surface area contributed by atoms with Crippen molar-refractivity contribution in [2.45, 2.75) is 24.7 Å². The van der Waals surface area contributed by atoms with Crippen LogP contribution in [0, 0.1) is 0 Å². The molecular formula is C64H45NO. The van der Waals surface area contributed by atoms with Crippen LogP contribution >= 0.6 is 0 Å². The van der Waals surface area contributed by atoms with Crippen molar-refractivity contribution in [2.75, 3.05) is 4.90 Å². The quantitative estimate of drug-likeness (QED) is 0.166. The van der Waals surface area contributed by atoms with Gasteiger partial charge < -0.3 is 9.32 Å². The van der Waals surface area contributed by atoms with E-state index >= 15 is 0 Å². The molecule has 11 aromatic rings. The number of fused-ring (bicyclic) bond motifs is 12. The molecule has 0 saturated carbocycles. The van der Waals surface area contributed by atoms with Crippen LogP contribution in [0.25, 0.3) is 66.4 Å². The highest BCUT2D eigenvalue weighted by molar-refractivity contribution is 6.08. The van der Waals surface area contributed by atoms with Crippen LogP contribution in [0.2, 0.25) is 0 Å².